The van der Waals surface area contributed by atoms with Crippen LogP contribution in [0.2, 0.25) is 0 Å². The zero-order valence-electron chi connectivity index (χ0n) is 13.5. The molecule has 2 nitrogen and oxygen atoms in total. The fraction of sp³-hybridized carbons (Fsp3) is 0.647. The molecule has 0 unspecified atom stereocenters. The fourth-order valence-electron chi connectivity index (χ4n) is 2.34. The Kier molecular flexibility index (Phi) is 7.60. The summed E-state index contributed by atoms with van der Waals surface area (Å²) in [5.41, 5.74) is 2.74. The Morgan fingerprint density at radius 1 is 1.15 bits per heavy atom. The molecule has 1 aromatic carbocycles. The molecule has 0 fully saturated rings. The van der Waals surface area contributed by atoms with Crippen LogP contribution in [0.4, 0.5) is 5.69 Å². The van der Waals surface area contributed by atoms with Crippen LogP contribution in [0.25, 0.3) is 0 Å². The lowest BCUT2D eigenvalue weighted by Crippen LogP contribution is -2.29. The molecule has 1 N–H and O–H groups in total. The van der Waals surface area contributed by atoms with Gasteiger partial charge in [-0.2, -0.15) is 0 Å². The van der Waals surface area contributed by atoms with E-state index < -0.39 is 0 Å². The Morgan fingerprint density at radius 3 is 2.40 bits per heavy atom. The van der Waals surface area contributed by atoms with Crippen molar-refractivity contribution in [3.63, 3.8) is 0 Å². The highest BCUT2D eigenvalue weighted by atomic mass is 79.9. The molecule has 0 atom stereocenters. The van der Waals surface area contributed by atoms with Crippen LogP contribution in [0, 0.1) is 11.8 Å². The molecule has 1 aromatic rings. The Morgan fingerprint density at radius 2 is 1.85 bits per heavy atom. The van der Waals surface area contributed by atoms with Gasteiger partial charge in [-0.1, -0.05) is 43.6 Å². The molecule has 0 aliphatic rings. The van der Waals surface area contributed by atoms with E-state index in [1.165, 1.54) is 11.3 Å². The number of nitrogens with one attached hydrogen (secondary N) is 1. The molecule has 0 spiro atoms. The minimum Gasteiger partial charge on any atom is -0.371 e. The first-order valence-corrected chi connectivity index (χ1v) is 8.47. The summed E-state index contributed by atoms with van der Waals surface area (Å²) >= 11 is 3.59. The third kappa shape index (κ3) is 5.84. The van der Waals surface area contributed by atoms with Gasteiger partial charge in [0.15, 0.2) is 0 Å². The number of benzene rings is 1. The standard InChI is InChI=1S/C17H29BrN2/c1-6-20(12-14(4)5)17-8-7-16(18)9-15(17)11-19-10-13(2)3/h7-9,13-14,19H,6,10-12H2,1-5H3. The lowest BCUT2D eigenvalue weighted by Gasteiger charge is -2.28. The summed E-state index contributed by atoms with van der Waals surface area (Å²) in [6.45, 7) is 15.4. The maximum absolute atomic E-state index is 3.59. The summed E-state index contributed by atoms with van der Waals surface area (Å²) in [4.78, 5) is 2.48. The molecule has 3 heteroatoms. The number of hydrogen-bond donors (Lipinski definition) is 1. The normalized spacial score (nSPS) is 11.4. The van der Waals surface area contributed by atoms with Gasteiger partial charge in [0, 0.05) is 29.8 Å². The SMILES string of the molecule is CCN(CC(C)C)c1ccc(Br)cc1CNCC(C)C. The van der Waals surface area contributed by atoms with Gasteiger partial charge >= 0.3 is 0 Å². The molecule has 0 saturated heterocycles. The average molecular weight is 341 g/mol. The van der Waals surface area contributed by atoms with Crippen LogP contribution >= 0.6 is 15.9 Å². The summed E-state index contributed by atoms with van der Waals surface area (Å²) in [5, 5.41) is 3.55. The van der Waals surface area contributed by atoms with Crippen LogP contribution in [0.1, 0.15) is 40.2 Å². The molecule has 0 bridgehead atoms. The van der Waals surface area contributed by atoms with Crippen molar-refractivity contribution in [2.75, 3.05) is 24.5 Å². The van der Waals surface area contributed by atoms with E-state index in [2.05, 4.69) is 79.0 Å². The highest BCUT2D eigenvalue weighted by Crippen LogP contribution is 2.25. The predicted octanol–water partition coefficient (Wildman–Crippen LogP) is 4.68. The number of rotatable bonds is 8. The number of halogens is 1. The van der Waals surface area contributed by atoms with Crippen molar-refractivity contribution in [1.29, 1.82) is 0 Å². The van der Waals surface area contributed by atoms with Gasteiger partial charge in [-0.25, -0.2) is 0 Å². The second-order valence-electron chi connectivity index (χ2n) is 6.23. The van der Waals surface area contributed by atoms with Gasteiger partial charge in [-0.15, -0.1) is 0 Å². The van der Waals surface area contributed by atoms with Crippen molar-refractivity contribution in [2.24, 2.45) is 11.8 Å². The lowest BCUT2D eigenvalue weighted by molar-refractivity contribution is 0.550. The quantitative estimate of drug-likeness (QED) is 0.739. The maximum atomic E-state index is 3.59. The van der Waals surface area contributed by atoms with Gasteiger partial charge < -0.3 is 10.2 Å². The smallest absolute Gasteiger partial charge is 0.0412 e. The molecule has 0 radical (unpaired) electrons. The molecule has 0 amide bonds. The molecule has 0 aliphatic heterocycles. The van der Waals surface area contributed by atoms with E-state index in [0.29, 0.717) is 11.8 Å². The summed E-state index contributed by atoms with van der Waals surface area (Å²) in [5.74, 6) is 1.36. The monoisotopic (exact) mass is 340 g/mol. The highest BCUT2D eigenvalue weighted by Gasteiger charge is 2.11. The molecule has 0 heterocycles. The van der Waals surface area contributed by atoms with Crippen LogP contribution < -0.4 is 10.2 Å². The van der Waals surface area contributed by atoms with Crippen molar-refractivity contribution in [2.45, 2.75) is 41.2 Å². The predicted molar refractivity (Wildman–Crippen MR) is 93.4 cm³/mol. The number of anilines is 1. The van der Waals surface area contributed by atoms with E-state index in [4.69, 9.17) is 0 Å². The van der Waals surface area contributed by atoms with Crippen molar-refractivity contribution in [3.05, 3.63) is 28.2 Å². The Labute approximate surface area is 133 Å². The van der Waals surface area contributed by atoms with Crippen LogP contribution in [-0.2, 0) is 6.54 Å². The lowest BCUT2D eigenvalue weighted by atomic mass is 10.1. The Hall–Kier alpha value is -0.540. The second-order valence-corrected chi connectivity index (χ2v) is 7.15. The Balaban J connectivity index is 2.87. The average Bonchev–Trinajstić information content (AvgIpc) is 2.36. The molecule has 0 saturated carbocycles. The zero-order chi connectivity index (χ0) is 15.1. The molecular formula is C17H29BrN2. The second kappa shape index (κ2) is 8.68. The molecule has 0 aliphatic carbocycles. The first kappa shape index (κ1) is 17.5. The van der Waals surface area contributed by atoms with Crippen LogP contribution in [0.3, 0.4) is 0 Å². The van der Waals surface area contributed by atoms with Crippen molar-refractivity contribution in [3.8, 4) is 0 Å². The van der Waals surface area contributed by atoms with Crippen LogP contribution in [-0.4, -0.2) is 19.6 Å². The Bertz CT molecular complexity index is 402. The summed E-state index contributed by atoms with van der Waals surface area (Å²) in [6, 6.07) is 6.62. The van der Waals surface area contributed by atoms with Gasteiger partial charge in [-0.3, -0.25) is 0 Å². The third-order valence-corrected chi connectivity index (χ3v) is 3.71. The van der Waals surface area contributed by atoms with Crippen molar-refractivity contribution in [1.82, 2.24) is 5.32 Å². The minimum absolute atomic E-state index is 0.676. The maximum Gasteiger partial charge on any atom is 0.0412 e. The molecule has 20 heavy (non-hydrogen) atoms. The van der Waals surface area contributed by atoms with E-state index in [1.54, 1.807) is 0 Å². The molecule has 0 aromatic heterocycles. The van der Waals surface area contributed by atoms with E-state index in [9.17, 15) is 0 Å². The third-order valence-electron chi connectivity index (χ3n) is 3.22. The first-order valence-electron chi connectivity index (χ1n) is 7.68. The van der Waals surface area contributed by atoms with E-state index in [0.717, 1.165) is 30.7 Å². The van der Waals surface area contributed by atoms with Crippen molar-refractivity contribution >= 4 is 21.6 Å². The summed E-state index contributed by atoms with van der Waals surface area (Å²) < 4.78 is 1.16. The van der Waals surface area contributed by atoms with Gasteiger partial charge in [0.05, 0.1) is 0 Å². The van der Waals surface area contributed by atoms with Crippen LogP contribution in [0.15, 0.2) is 22.7 Å². The van der Waals surface area contributed by atoms with E-state index in [1.807, 2.05) is 0 Å². The summed E-state index contributed by atoms with van der Waals surface area (Å²) in [6.07, 6.45) is 0. The molecule has 114 valence electrons. The largest absolute Gasteiger partial charge is 0.371 e. The molecule has 1 rings (SSSR count). The highest BCUT2D eigenvalue weighted by molar-refractivity contribution is 9.10. The molecular weight excluding hydrogens is 312 g/mol. The van der Waals surface area contributed by atoms with E-state index in [-0.39, 0.29) is 0 Å². The number of nitrogens with zero attached hydrogens (tertiary/aromatic N) is 1. The van der Waals surface area contributed by atoms with Crippen LogP contribution in [0.5, 0.6) is 0 Å². The fourth-order valence-corrected chi connectivity index (χ4v) is 2.75. The van der Waals surface area contributed by atoms with Gasteiger partial charge in [-0.05, 0) is 49.1 Å². The van der Waals surface area contributed by atoms with Gasteiger partial charge in [0.25, 0.3) is 0 Å². The summed E-state index contributed by atoms with van der Waals surface area (Å²) in [7, 11) is 0. The van der Waals surface area contributed by atoms with Gasteiger partial charge in [0.1, 0.15) is 0 Å². The minimum atomic E-state index is 0.676. The van der Waals surface area contributed by atoms with Gasteiger partial charge in [0.2, 0.25) is 0 Å². The van der Waals surface area contributed by atoms with Crippen molar-refractivity contribution < 1.29 is 0 Å². The van der Waals surface area contributed by atoms with E-state index >= 15 is 0 Å². The topological polar surface area (TPSA) is 15.3 Å². The zero-order valence-corrected chi connectivity index (χ0v) is 15.1. The first-order chi connectivity index (χ1) is 9.43. The number of hydrogen-bond acceptors (Lipinski definition) is 2.